The molecule has 25 heavy (non-hydrogen) atoms. The van der Waals surface area contributed by atoms with Crippen molar-refractivity contribution in [2.24, 2.45) is 7.05 Å². The molecular weight excluding hydrogens is 340 g/mol. The minimum absolute atomic E-state index is 0.438. The van der Waals surface area contributed by atoms with E-state index < -0.39 is 17.9 Å². The van der Waals surface area contributed by atoms with E-state index in [4.69, 9.17) is 0 Å². The molecule has 0 spiro atoms. The Morgan fingerprint density at radius 2 is 1.96 bits per heavy atom. The number of nitrogens with zero attached hydrogens (tertiary/aromatic N) is 4. The molecule has 0 fully saturated rings. The zero-order valence-electron chi connectivity index (χ0n) is 13.6. The first-order chi connectivity index (χ1) is 12.0. The lowest BCUT2D eigenvalue weighted by Crippen LogP contribution is -2.37. The Balaban J connectivity index is 1.61. The van der Waals surface area contributed by atoms with E-state index in [1.165, 1.54) is 6.33 Å². The van der Waals surface area contributed by atoms with Crippen LogP contribution in [-0.4, -0.2) is 31.0 Å². The summed E-state index contributed by atoms with van der Waals surface area (Å²) in [6.45, 7) is 1.73. The third kappa shape index (κ3) is 3.89. The van der Waals surface area contributed by atoms with Gasteiger partial charge in [0.2, 0.25) is 0 Å². The molecule has 0 aliphatic heterocycles. The van der Waals surface area contributed by atoms with Gasteiger partial charge in [-0.05, 0) is 18.5 Å². The molecule has 2 amide bonds. The number of rotatable bonds is 4. The Hall–Kier alpha value is -3.07. The molecule has 2 N–H and O–H groups in total. The summed E-state index contributed by atoms with van der Waals surface area (Å²) in [7, 11) is 1.76. The van der Waals surface area contributed by atoms with E-state index in [-0.39, 0.29) is 0 Å². The van der Waals surface area contributed by atoms with Gasteiger partial charge < -0.3 is 15.2 Å². The van der Waals surface area contributed by atoms with Crippen LogP contribution in [0.4, 0.5) is 5.00 Å². The van der Waals surface area contributed by atoms with E-state index >= 15 is 0 Å². The number of aryl methyl sites for hydroxylation is 1. The van der Waals surface area contributed by atoms with Crippen LogP contribution in [-0.2, 0) is 16.6 Å². The lowest BCUT2D eigenvalue weighted by molar-refractivity contribution is -0.136. The van der Waals surface area contributed by atoms with Gasteiger partial charge in [0.05, 0.1) is 11.7 Å². The second kappa shape index (κ2) is 7.22. The van der Waals surface area contributed by atoms with E-state index in [9.17, 15) is 9.59 Å². The largest absolute Gasteiger partial charge is 0.338 e. The number of hydrogen-bond donors (Lipinski definition) is 2. The van der Waals surface area contributed by atoms with Crippen LogP contribution in [0.5, 0.6) is 0 Å². The average Bonchev–Trinajstić information content (AvgIpc) is 3.24. The van der Waals surface area contributed by atoms with Gasteiger partial charge in [-0.15, -0.1) is 10.2 Å². The monoisotopic (exact) mass is 356 g/mol. The number of nitrogens with one attached hydrogen (secondary N) is 2. The van der Waals surface area contributed by atoms with Crippen molar-refractivity contribution in [1.82, 2.24) is 24.5 Å². The van der Waals surface area contributed by atoms with Gasteiger partial charge in [0.25, 0.3) is 0 Å². The van der Waals surface area contributed by atoms with Crippen molar-refractivity contribution in [2.75, 3.05) is 5.32 Å². The quantitative estimate of drug-likeness (QED) is 0.694. The van der Waals surface area contributed by atoms with E-state index in [0.717, 1.165) is 22.8 Å². The Morgan fingerprint density at radius 3 is 2.64 bits per heavy atom. The molecule has 0 bridgehead atoms. The zero-order valence-corrected chi connectivity index (χ0v) is 14.4. The Morgan fingerprint density at radius 1 is 1.20 bits per heavy atom. The number of anilines is 1. The number of carbonyl (C=O) groups is 2. The number of benzene rings is 1. The summed E-state index contributed by atoms with van der Waals surface area (Å²) < 4.78 is 5.96. The summed E-state index contributed by atoms with van der Waals surface area (Å²) in [4.78, 5) is 24.1. The van der Waals surface area contributed by atoms with Gasteiger partial charge in [-0.3, -0.25) is 9.59 Å². The molecule has 3 rings (SSSR count). The molecule has 1 unspecified atom stereocenters. The van der Waals surface area contributed by atoms with Crippen molar-refractivity contribution < 1.29 is 9.59 Å². The molecular formula is C16H16N6O2S. The van der Waals surface area contributed by atoms with Crippen LogP contribution in [0, 0.1) is 0 Å². The number of amides is 2. The van der Waals surface area contributed by atoms with Crippen LogP contribution in [0.2, 0.25) is 0 Å². The molecule has 1 aromatic carbocycles. The minimum Gasteiger partial charge on any atom is -0.338 e. The van der Waals surface area contributed by atoms with E-state index in [1.807, 2.05) is 30.3 Å². The van der Waals surface area contributed by atoms with Gasteiger partial charge in [-0.1, -0.05) is 30.3 Å². The van der Waals surface area contributed by atoms with Crippen molar-refractivity contribution in [2.45, 2.75) is 13.0 Å². The fraction of sp³-hybridized carbons (Fsp3) is 0.188. The zero-order chi connectivity index (χ0) is 17.8. The Kier molecular flexibility index (Phi) is 4.85. The fourth-order valence-corrected chi connectivity index (χ4v) is 2.92. The highest BCUT2D eigenvalue weighted by atomic mass is 32.1. The van der Waals surface area contributed by atoms with E-state index in [1.54, 1.807) is 24.6 Å². The van der Waals surface area contributed by atoms with Crippen molar-refractivity contribution in [3.8, 4) is 11.3 Å². The maximum absolute atomic E-state index is 12.1. The van der Waals surface area contributed by atoms with Crippen LogP contribution in [0.15, 0.2) is 42.7 Å². The molecule has 9 heteroatoms. The van der Waals surface area contributed by atoms with Gasteiger partial charge in [-0.25, -0.2) is 0 Å². The van der Waals surface area contributed by atoms with Crippen LogP contribution in [0.3, 0.4) is 0 Å². The maximum atomic E-state index is 12.1. The summed E-state index contributed by atoms with van der Waals surface area (Å²) in [6.07, 6.45) is 1.53. The summed E-state index contributed by atoms with van der Waals surface area (Å²) >= 11 is 1.12. The first-order valence-corrected chi connectivity index (χ1v) is 8.30. The average molecular weight is 356 g/mol. The smallest absolute Gasteiger partial charge is 0.314 e. The normalized spacial score (nSPS) is 11.8. The molecule has 1 atom stereocenters. The fourth-order valence-electron chi connectivity index (χ4n) is 2.26. The maximum Gasteiger partial charge on any atom is 0.314 e. The predicted octanol–water partition coefficient (Wildman–Crippen LogP) is 1.75. The first-order valence-electron chi connectivity index (χ1n) is 7.52. The molecule has 0 aliphatic carbocycles. The molecule has 2 aromatic heterocycles. The van der Waals surface area contributed by atoms with Crippen molar-refractivity contribution in [3.05, 3.63) is 48.5 Å². The van der Waals surface area contributed by atoms with Gasteiger partial charge in [0, 0.05) is 18.7 Å². The van der Waals surface area contributed by atoms with E-state index in [2.05, 4.69) is 25.2 Å². The Labute approximate surface area is 148 Å². The van der Waals surface area contributed by atoms with Crippen LogP contribution in [0.25, 0.3) is 11.3 Å². The van der Waals surface area contributed by atoms with Crippen LogP contribution >= 0.6 is 11.5 Å². The van der Waals surface area contributed by atoms with Crippen molar-refractivity contribution >= 4 is 28.3 Å². The first kappa shape index (κ1) is 16.8. The van der Waals surface area contributed by atoms with Crippen LogP contribution in [0.1, 0.15) is 18.8 Å². The SMILES string of the molecule is CC(NC(=O)C(=O)Nc1cc(-c2ccccc2)ns1)c1nncn1C. The Bertz CT molecular complexity index is 889. The second-order valence-corrected chi connectivity index (χ2v) is 6.20. The lowest BCUT2D eigenvalue weighted by Gasteiger charge is -2.12. The number of aromatic nitrogens is 4. The van der Waals surface area contributed by atoms with Gasteiger partial charge in [0.15, 0.2) is 5.82 Å². The molecule has 0 radical (unpaired) electrons. The molecule has 3 aromatic rings. The summed E-state index contributed by atoms with van der Waals surface area (Å²) in [6, 6.07) is 10.9. The van der Waals surface area contributed by atoms with Gasteiger partial charge in [-0.2, -0.15) is 4.37 Å². The lowest BCUT2D eigenvalue weighted by atomic mass is 10.2. The molecule has 128 valence electrons. The van der Waals surface area contributed by atoms with Gasteiger partial charge in [0.1, 0.15) is 11.3 Å². The molecule has 8 nitrogen and oxygen atoms in total. The summed E-state index contributed by atoms with van der Waals surface area (Å²) in [5.74, 6) is -0.937. The highest BCUT2D eigenvalue weighted by Gasteiger charge is 2.20. The molecule has 0 saturated heterocycles. The number of carbonyl (C=O) groups excluding carboxylic acids is 2. The third-order valence-electron chi connectivity index (χ3n) is 3.50. The highest BCUT2D eigenvalue weighted by Crippen LogP contribution is 2.25. The summed E-state index contributed by atoms with van der Waals surface area (Å²) in [5, 5.41) is 13.3. The predicted molar refractivity (Wildman–Crippen MR) is 93.7 cm³/mol. The third-order valence-corrected chi connectivity index (χ3v) is 4.21. The molecule has 0 aliphatic rings. The topological polar surface area (TPSA) is 102 Å². The van der Waals surface area contributed by atoms with E-state index in [0.29, 0.717) is 10.8 Å². The number of hydrogen-bond acceptors (Lipinski definition) is 6. The standard InChI is InChI=1S/C16H16N6O2S/c1-10(14-20-17-9-22(14)2)18-15(23)16(24)19-13-8-12(21-25-13)11-6-4-3-5-7-11/h3-10H,1-2H3,(H,18,23)(H,19,24). The van der Waals surface area contributed by atoms with Crippen molar-refractivity contribution in [3.63, 3.8) is 0 Å². The molecule has 2 heterocycles. The van der Waals surface area contributed by atoms with Crippen LogP contribution < -0.4 is 10.6 Å². The summed E-state index contributed by atoms with van der Waals surface area (Å²) in [5.41, 5.74) is 1.69. The molecule has 0 saturated carbocycles. The minimum atomic E-state index is -0.753. The highest BCUT2D eigenvalue weighted by molar-refractivity contribution is 7.10. The van der Waals surface area contributed by atoms with Crippen molar-refractivity contribution in [1.29, 1.82) is 0 Å². The second-order valence-electron chi connectivity index (χ2n) is 5.39. The van der Waals surface area contributed by atoms with Gasteiger partial charge >= 0.3 is 11.8 Å².